The molecule has 0 saturated carbocycles. The van der Waals surface area contributed by atoms with Crippen LogP contribution in [0.15, 0.2) is 29.2 Å². The van der Waals surface area contributed by atoms with Crippen molar-refractivity contribution < 1.29 is 19.1 Å². The van der Waals surface area contributed by atoms with Gasteiger partial charge in [-0.2, -0.15) is 0 Å². The van der Waals surface area contributed by atoms with Crippen LogP contribution in [0.25, 0.3) is 6.08 Å². The molecule has 1 aliphatic rings. The van der Waals surface area contributed by atoms with E-state index >= 15 is 0 Å². The molecule has 0 atom stereocenters. The Bertz CT molecular complexity index is 629. The van der Waals surface area contributed by atoms with E-state index < -0.39 is 17.1 Å². The smallest absolute Gasteiger partial charge is 0.326 e. The molecule has 7 heteroatoms. The Morgan fingerprint density at radius 3 is 2.76 bits per heavy atom. The minimum atomic E-state index is -0.588. The Balaban J connectivity index is 2.18. The summed E-state index contributed by atoms with van der Waals surface area (Å²) in [7, 11) is 0. The molecule has 0 aliphatic carbocycles. The molecule has 1 aromatic rings. The van der Waals surface area contributed by atoms with Crippen LogP contribution in [0.4, 0.5) is 4.79 Å². The molecule has 0 bridgehead atoms. The first-order valence-corrected chi connectivity index (χ1v) is 8.08. The molecule has 2 amide bonds. The quantitative estimate of drug-likeness (QED) is 0.429. The van der Waals surface area contributed by atoms with Gasteiger partial charge in [-0.3, -0.25) is 19.3 Å². The van der Waals surface area contributed by atoms with Gasteiger partial charge in [0, 0.05) is 3.57 Å². The van der Waals surface area contributed by atoms with Gasteiger partial charge in [0.05, 0.1) is 11.5 Å². The highest BCUT2D eigenvalue weighted by Crippen LogP contribution is 2.32. The van der Waals surface area contributed by atoms with E-state index in [0.717, 1.165) is 25.8 Å². The van der Waals surface area contributed by atoms with Crippen LogP contribution in [0.2, 0.25) is 0 Å². The lowest BCUT2D eigenvalue weighted by Crippen LogP contribution is -2.34. The summed E-state index contributed by atoms with van der Waals surface area (Å²) < 4.78 is 5.74. The lowest BCUT2D eigenvalue weighted by molar-refractivity contribution is -0.145. The fourth-order valence-electron chi connectivity index (χ4n) is 1.71. The van der Waals surface area contributed by atoms with Crippen LogP contribution in [0, 0.1) is 3.57 Å². The first-order chi connectivity index (χ1) is 10.0. The average Bonchev–Trinajstić information content (AvgIpc) is 2.69. The summed E-state index contributed by atoms with van der Waals surface area (Å²) in [5.74, 6) is -1.05. The molecule has 0 unspecified atom stereocenters. The van der Waals surface area contributed by atoms with Gasteiger partial charge in [-0.15, -0.1) is 0 Å². The molecule has 1 heterocycles. The summed E-state index contributed by atoms with van der Waals surface area (Å²) in [6.45, 7) is 1.54. The number of thioether (sulfide) groups is 1. The number of esters is 1. The number of hydrogen-bond acceptors (Lipinski definition) is 5. The molecule has 110 valence electrons. The number of ether oxygens (including phenoxy) is 1. The maximum atomic E-state index is 12.2. The Labute approximate surface area is 139 Å². The van der Waals surface area contributed by atoms with Crippen molar-refractivity contribution in [2.24, 2.45) is 0 Å². The van der Waals surface area contributed by atoms with Crippen molar-refractivity contribution in [3.05, 3.63) is 38.3 Å². The SMILES string of the molecule is CCOC(=O)CN1C(=O)S/C(=C\c2ccccc2I)C1=O. The van der Waals surface area contributed by atoms with Crippen LogP contribution < -0.4 is 0 Å². The highest BCUT2D eigenvalue weighted by molar-refractivity contribution is 14.1. The number of rotatable bonds is 4. The number of halogens is 1. The predicted octanol–water partition coefficient (Wildman–Crippen LogP) is 2.89. The van der Waals surface area contributed by atoms with E-state index in [9.17, 15) is 14.4 Å². The topological polar surface area (TPSA) is 63.7 Å². The van der Waals surface area contributed by atoms with E-state index in [1.165, 1.54) is 0 Å². The Hall–Kier alpha value is -1.35. The number of imide groups is 1. The van der Waals surface area contributed by atoms with E-state index in [1.807, 2.05) is 24.3 Å². The zero-order chi connectivity index (χ0) is 15.4. The first-order valence-electron chi connectivity index (χ1n) is 6.18. The summed E-state index contributed by atoms with van der Waals surface area (Å²) in [6, 6.07) is 7.53. The number of carbonyl (C=O) groups excluding carboxylic acids is 3. The molecule has 21 heavy (non-hydrogen) atoms. The summed E-state index contributed by atoms with van der Waals surface area (Å²) in [5, 5.41) is -0.453. The molecule has 1 aromatic carbocycles. The predicted molar refractivity (Wildman–Crippen MR) is 88.5 cm³/mol. The minimum Gasteiger partial charge on any atom is -0.465 e. The van der Waals surface area contributed by atoms with Gasteiger partial charge in [-0.1, -0.05) is 18.2 Å². The van der Waals surface area contributed by atoms with Crippen molar-refractivity contribution in [3.63, 3.8) is 0 Å². The lowest BCUT2D eigenvalue weighted by Gasteiger charge is -2.10. The molecule has 0 spiro atoms. The highest BCUT2D eigenvalue weighted by atomic mass is 127. The second-order valence-corrected chi connectivity index (χ2v) is 6.25. The normalized spacial score (nSPS) is 16.7. The average molecular weight is 417 g/mol. The molecule has 2 rings (SSSR count). The molecule has 1 saturated heterocycles. The van der Waals surface area contributed by atoms with E-state index in [2.05, 4.69) is 22.6 Å². The van der Waals surface area contributed by atoms with E-state index in [-0.39, 0.29) is 13.2 Å². The van der Waals surface area contributed by atoms with Crippen molar-refractivity contribution in [1.29, 1.82) is 0 Å². The van der Waals surface area contributed by atoms with Crippen LogP contribution in [-0.2, 0) is 14.3 Å². The van der Waals surface area contributed by atoms with Crippen LogP contribution in [0.5, 0.6) is 0 Å². The van der Waals surface area contributed by atoms with Crippen molar-refractivity contribution in [3.8, 4) is 0 Å². The van der Waals surface area contributed by atoms with Gasteiger partial charge in [-0.05, 0) is 59.0 Å². The Kier molecular flexibility index (Phi) is 5.40. The summed E-state index contributed by atoms with van der Waals surface area (Å²) >= 11 is 2.99. The third kappa shape index (κ3) is 3.85. The van der Waals surface area contributed by atoms with Gasteiger partial charge >= 0.3 is 5.97 Å². The standard InChI is InChI=1S/C14H12INO4S/c1-2-20-12(17)8-16-13(18)11(21-14(16)19)7-9-5-3-4-6-10(9)15/h3-7H,2,8H2,1H3/b11-7-. The monoisotopic (exact) mass is 417 g/mol. The number of nitrogens with zero attached hydrogens (tertiary/aromatic N) is 1. The van der Waals surface area contributed by atoms with Crippen molar-refractivity contribution in [1.82, 2.24) is 4.90 Å². The van der Waals surface area contributed by atoms with Crippen LogP contribution in [0.3, 0.4) is 0 Å². The maximum absolute atomic E-state index is 12.2. The van der Waals surface area contributed by atoms with Crippen molar-refractivity contribution in [2.45, 2.75) is 6.92 Å². The number of hydrogen-bond donors (Lipinski definition) is 0. The first kappa shape index (κ1) is 16.0. The number of amides is 2. The molecular weight excluding hydrogens is 405 g/mol. The molecule has 0 aromatic heterocycles. The van der Waals surface area contributed by atoms with Gasteiger partial charge in [0.1, 0.15) is 6.54 Å². The molecule has 0 N–H and O–H groups in total. The third-order valence-corrected chi connectivity index (χ3v) is 4.55. The van der Waals surface area contributed by atoms with Gasteiger partial charge in [-0.25, -0.2) is 0 Å². The lowest BCUT2D eigenvalue weighted by atomic mass is 10.2. The van der Waals surface area contributed by atoms with E-state index in [1.54, 1.807) is 13.0 Å². The summed E-state index contributed by atoms with van der Waals surface area (Å²) in [4.78, 5) is 36.6. The van der Waals surface area contributed by atoms with Gasteiger partial charge < -0.3 is 4.74 Å². The number of carbonyl (C=O) groups is 3. The van der Waals surface area contributed by atoms with Gasteiger partial charge in [0.2, 0.25) is 0 Å². The number of benzene rings is 1. The third-order valence-electron chi connectivity index (χ3n) is 2.66. The molecular formula is C14H12INO4S. The summed E-state index contributed by atoms with van der Waals surface area (Å²) in [5.41, 5.74) is 0.861. The molecule has 1 aliphatic heterocycles. The second kappa shape index (κ2) is 7.08. The zero-order valence-corrected chi connectivity index (χ0v) is 14.1. The molecule has 5 nitrogen and oxygen atoms in total. The maximum Gasteiger partial charge on any atom is 0.326 e. The molecule has 1 fully saturated rings. The summed E-state index contributed by atoms with van der Waals surface area (Å²) in [6.07, 6.45) is 1.66. The minimum absolute atomic E-state index is 0.215. The zero-order valence-electron chi connectivity index (χ0n) is 11.2. The highest BCUT2D eigenvalue weighted by Gasteiger charge is 2.36. The molecule has 0 radical (unpaired) electrons. The Morgan fingerprint density at radius 2 is 2.10 bits per heavy atom. The van der Waals surface area contributed by atoms with Crippen LogP contribution in [-0.4, -0.2) is 35.2 Å². The van der Waals surface area contributed by atoms with Crippen molar-refractivity contribution in [2.75, 3.05) is 13.2 Å². The van der Waals surface area contributed by atoms with E-state index in [0.29, 0.717) is 4.91 Å². The largest absolute Gasteiger partial charge is 0.465 e. The van der Waals surface area contributed by atoms with Gasteiger partial charge in [0.15, 0.2) is 0 Å². The van der Waals surface area contributed by atoms with Crippen LogP contribution in [0.1, 0.15) is 12.5 Å². The fourth-order valence-corrected chi connectivity index (χ4v) is 3.08. The second-order valence-electron chi connectivity index (χ2n) is 4.09. The van der Waals surface area contributed by atoms with E-state index in [4.69, 9.17) is 4.74 Å². The van der Waals surface area contributed by atoms with Crippen molar-refractivity contribution >= 4 is 57.5 Å². The fraction of sp³-hybridized carbons (Fsp3) is 0.214. The Morgan fingerprint density at radius 1 is 1.38 bits per heavy atom. The van der Waals surface area contributed by atoms with Crippen LogP contribution >= 0.6 is 34.4 Å². The van der Waals surface area contributed by atoms with Gasteiger partial charge in [0.25, 0.3) is 11.1 Å².